The minimum absolute atomic E-state index is 0.0818. The lowest BCUT2D eigenvalue weighted by molar-refractivity contribution is -0.134. The average Bonchev–Trinajstić information content (AvgIpc) is 3.44. The van der Waals surface area contributed by atoms with E-state index in [-0.39, 0.29) is 24.3 Å². The Kier molecular flexibility index (Phi) is 5.31. The molecule has 5 rings (SSSR count). The molecule has 1 unspecified atom stereocenters. The van der Waals surface area contributed by atoms with Crippen molar-refractivity contribution in [2.45, 2.75) is 25.8 Å². The highest BCUT2D eigenvalue weighted by Crippen LogP contribution is 2.33. The van der Waals surface area contributed by atoms with E-state index in [1.807, 2.05) is 54.1 Å². The molecular formula is C25H23FN4O2. The normalized spacial score (nSPS) is 15.9. The third-order valence-corrected chi connectivity index (χ3v) is 5.84. The van der Waals surface area contributed by atoms with Crippen molar-refractivity contribution in [2.24, 2.45) is 0 Å². The number of benzene rings is 2. The van der Waals surface area contributed by atoms with E-state index in [9.17, 15) is 9.18 Å². The Bertz CT molecular complexity index is 1270. The molecule has 7 heteroatoms. The SMILES string of the molecule is Cc1nn(-c2ccccc2)c2nc(C3CCCN3C(=O)COc3ccccc3F)ccc12. The molecule has 0 aliphatic carbocycles. The third kappa shape index (κ3) is 3.70. The van der Waals surface area contributed by atoms with Crippen molar-refractivity contribution in [3.8, 4) is 11.4 Å². The third-order valence-electron chi connectivity index (χ3n) is 5.84. The molecule has 6 nitrogen and oxygen atoms in total. The summed E-state index contributed by atoms with van der Waals surface area (Å²) in [5.74, 6) is -0.571. The number of carbonyl (C=O) groups is 1. The standard InChI is InChI=1S/C25H23FN4O2/c1-17-19-13-14-21(27-25(19)30(28-17)18-8-3-2-4-9-18)22-11-7-15-29(22)24(31)16-32-23-12-6-5-10-20(23)26/h2-6,8-10,12-14,22H,7,11,15-16H2,1H3. The van der Waals surface area contributed by atoms with Crippen LogP contribution >= 0.6 is 0 Å². The van der Waals surface area contributed by atoms with Crippen molar-refractivity contribution >= 4 is 16.9 Å². The molecule has 2 aromatic carbocycles. The number of ether oxygens (including phenoxy) is 1. The monoisotopic (exact) mass is 430 g/mol. The Morgan fingerprint density at radius 1 is 1.09 bits per heavy atom. The zero-order chi connectivity index (χ0) is 22.1. The Balaban J connectivity index is 1.41. The Labute approximate surface area is 185 Å². The summed E-state index contributed by atoms with van der Waals surface area (Å²) in [6, 6.07) is 19.8. The van der Waals surface area contributed by atoms with E-state index in [4.69, 9.17) is 9.72 Å². The molecule has 0 N–H and O–H groups in total. The largest absolute Gasteiger partial charge is 0.481 e. The molecule has 1 aliphatic heterocycles. The van der Waals surface area contributed by atoms with Gasteiger partial charge in [0, 0.05) is 11.9 Å². The lowest BCUT2D eigenvalue weighted by Gasteiger charge is -2.24. The number of rotatable bonds is 5. The van der Waals surface area contributed by atoms with E-state index in [0.717, 1.165) is 41.0 Å². The van der Waals surface area contributed by atoms with E-state index in [2.05, 4.69) is 5.10 Å². The number of nitrogens with zero attached hydrogens (tertiary/aromatic N) is 4. The van der Waals surface area contributed by atoms with Crippen LogP contribution in [0.1, 0.15) is 30.3 Å². The molecular weight excluding hydrogens is 407 g/mol. The van der Waals surface area contributed by atoms with E-state index in [0.29, 0.717) is 6.54 Å². The van der Waals surface area contributed by atoms with Crippen LogP contribution < -0.4 is 4.74 Å². The number of likely N-dealkylation sites (tertiary alicyclic amines) is 1. The van der Waals surface area contributed by atoms with Crippen molar-refractivity contribution in [1.29, 1.82) is 0 Å². The van der Waals surface area contributed by atoms with Gasteiger partial charge in [0.25, 0.3) is 5.91 Å². The van der Waals surface area contributed by atoms with Gasteiger partial charge in [-0.15, -0.1) is 0 Å². The maximum Gasteiger partial charge on any atom is 0.261 e. The van der Waals surface area contributed by atoms with Gasteiger partial charge in [0.1, 0.15) is 0 Å². The van der Waals surface area contributed by atoms with Crippen LogP contribution in [0.15, 0.2) is 66.7 Å². The Morgan fingerprint density at radius 2 is 1.88 bits per heavy atom. The molecule has 4 aromatic rings. The summed E-state index contributed by atoms with van der Waals surface area (Å²) in [5, 5.41) is 5.65. The molecule has 0 saturated carbocycles. The zero-order valence-corrected chi connectivity index (χ0v) is 17.7. The molecule has 1 saturated heterocycles. The number of halogens is 1. The van der Waals surface area contributed by atoms with Crippen molar-refractivity contribution in [3.63, 3.8) is 0 Å². The fourth-order valence-corrected chi connectivity index (χ4v) is 4.25. The molecule has 0 spiro atoms. The maximum absolute atomic E-state index is 13.8. The number of hydrogen-bond acceptors (Lipinski definition) is 4. The minimum atomic E-state index is -0.477. The smallest absolute Gasteiger partial charge is 0.261 e. The van der Waals surface area contributed by atoms with Gasteiger partial charge in [-0.25, -0.2) is 14.1 Å². The predicted octanol–water partition coefficient (Wildman–Crippen LogP) is 4.61. The van der Waals surface area contributed by atoms with Crippen LogP contribution in [0.3, 0.4) is 0 Å². The molecule has 32 heavy (non-hydrogen) atoms. The fraction of sp³-hybridized carbons (Fsp3) is 0.240. The fourth-order valence-electron chi connectivity index (χ4n) is 4.25. The van der Waals surface area contributed by atoms with Gasteiger partial charge in [0.05, 0.1) is 23.1 Å². The van der Waals surface area contributed by atoms with Gasteiger partial charge in [-0.05, 0) is 56.2 Å². The molecule has 162 valence electrons. The Morgan fingerprint density at radius 3 is 2.69 bits per heavy atom. The molecule has 2 aromatic heterocycles. The van der Waals surface area contributed by atoms with Gasteiger partial charge in [-0.3, -0.25) is 4.79 Å². The van der Waals surface area contributed by atoms with Gasteiger partial charge in [-0.1, -0.05) is 30.3 Å². The number of pyridine rings is 1. The van der Waals surface area contributed by atoms with Gasteiger partial charge >= 0.3 is 0 Å². The second kappa shape index (κ2) is 8.42. The lowest BCUT2D eigenvalue weighted by atomic mass is 10.1. The number of carbonyl (C=O) groups excluding carboxylic acids is 1. The lowest BCUT2D eigenvalue weighted by Crippen LogP contribution is -2.34. The predicted molar refractivity (Wildman–Crippen MR) is 119 cm³/mol. The highest BCUT2D eigenvalue weighted by Gasteiger charge is 2.31. The van der Waals surface area contributed by atoms with E-state index >= 15 is 0 Å². The van der Waals surface area contributed by atoms with Crippen LogP contribution in [0.4, 0.5) is 4.39 Å². The minimum Gasteiger partial charge on any atom is -0.481 e. The van der Waals surface area contributed by atoms with Crippen molar-refractivity contribution in [1.82, 2.24) is 19.7 Å². The van der Waals surface area contributed by atoms with Crippen LogP contribution in [0.5, 0.6) is 5.75 Å². The van der Waals surface area contributed by atoms with Crippen molar-refractivity contribution in [3.05, 3.63) is 83.9 Å². The Hall–Kier alpha value is -3.74. The van der Waals surface area contributed by atoms with Crippen LogP contribution in [0.25, 0.3) is 16.7 Å². The highest BCUT2D eigenvalue weighted by molar-refractivity contribution is 5.81. The van der Waals surface area contributed by atoms with Crippen molar-refractivity contribution < 1.29 is 13.9 Å². The molecule has 0 bridgehead atoms. The zero-order valence-electron chi connectivity index (χ0n) is 17.7. The first-order valence-corrected chi connectivity index (χ1v) is 10.7. The summed E-state index contributed by atoms with van der Waals surface area (Å²) in [4.78, 5) is 19.6. The second-order valence-corrected chi connectivity index (χ2v) is 7.90. The molecule has 3 heterocycles. The summed E-state index contributed by atoms with van der Waals surface area (Å²) in [7, 11) is 0. The van der Waals surface area contributed by atoms with E-state index in [1.165, 1.54) is 12.1 Å². The molecule has 1 aliphatic rings. The van der Waals surface area contributed by atoms with Gasteiger partial charge in [0.15, 0.2) is 23.8 Å². The van der Waals surface area contributed by atoms with Crippen LogP contribution in [-0.4, -0.2) is 38.7 Å². The van der Waals surface area contributed by atoms with E-state index in [1.54, 1.807) is 17.0 Å². The number of aromatic nitrogens is 3. The first-order chi connectivity index (χ1) is 15.6. The number of aryl methyl sites for hydroxylation is 1. The number of amides is 1. The van der Waals surface area contributed by atoms with Crippen LogP contribution in [-0.2, 0) is 4.79 Å². The molecule has 1 fully saturated rings. The topological polar surface area (TPSA) is 60.2 Å². The van der Waals surface area contributed by atoms with Crippen LogP contribution in [0, 0.1) is 12.7 Å². The number of para-hydroxylation sites is 2. The average molecular weight is 430 g/mol. The second-order valence-electron chi connectivity index (χ2n) is 7.90. The summed E-state index contributed by atoms with van der Waals surface area (Å²) >= 11 is 0. The van der Waals surface area contributed by atoms with Crippen molar-refractivity contribution in [2.75, 3.05) is 13.2 Å². The number of hydrogen-bond donors (Lipinski definition) is 0. The van der Waals surface area contributed by atoms with Crippen LogP contribution in [0.2, 0.25) is 0 Å². The first kappa shape index (κ1) is 20.2. The first-order valence-electron chi connectivity index (χ1n) is 10.7. The van der Waals surface area contributed by atoms with Gasteiger partial charge in [-0.2, -0.15) is 5.10 Å². The number of fused-ring (bicyclic) bond motifs is 1. The molecule has 0 radical (unpaired) electrons. The quantitative estimate of drug-likeness (QED) is 0.464. The summed E-state index contributed by atoms with van der Waals surface area (Å²) < 4.78 is 21.1. The van der Waals surface area contributed by atoms with Gasteiger partial charge in [0.2, 0.25) is 0 Å². The molecule has 1 amide bonds. The maximum atomic E-state index is 13.8. The highest BCUT2D eigenvalue weighted by atomic mass is 19.1. The summed E-state index contributed by atoms with van der Waals surface area (Å²) in [6.45, 7) is 2.39. The van der Waals surface area contributed by atoms with Gasteiger partial charge < -0.3 is 9.64 Å². The molecule has 1 atom stereocenters. The summed E-state index contributed by atoms with van der Waals surface area (Å²) in [5.41, 5.74) is 3.44. The van der Waals surface area contributed by atoms with E-state index < -0.39 is 5.82 Å². The summed E-state index contributed by atoms with van der Waals surface area (Å²) in [6.07, 6.45) is 1.70.